The van der Waals surface area contributed by atoms with Crippen LogP contribution in [0.1, 0.15) is 36.9 Å². The van der Waals surface area contributed by atoms with Gasteiger partial charge in [0.1, 0.15) is 0 Å². The zero-order valence-electron chi connectivity index (χ0n) is 12.3. The van der Waals surface area contributed by atoms with Gasteiger partial charge in [-0.3, -0.25) is 4.98 Å². The molecule has 1 N–H and O–H groups in total. The van der Waals surface area contributed by atoms with E-state index >= 15 is 0 Å². The predicted molar refractivity (Wildman–Crippen MR) is 97.1 cm³/mol. The van der Waals surface area contributed by atoms with Crippen molar-refractivity contribution >= 4 is 30.5 Å². The minimum atomic E-state index is 0.523. The molecule has 0 bridgehead atoms. The first-order valence-corrected chi connectivity index (χ1v) is 8.74. The number of aryl methyl sites for hydroxylation is 1. The number of pyridine rings is 1. The second kappa shape index (κ2) is 8.63. The molecule has 1 fully saturated rings. The molecule has 2 nitrogen and oxygen atoms in total. The van der Waals surface area contributed by atoms with E-state index in [0.717, 1.165) is 17.4 Å². The SMILES string of the molecule is Brc1cncc(C2CCCN2)c1.CCc1ccc(P)cc1. The maximum absolute atomic E-state index is 4.14. The lowest BCUT2D eigenvalue weighted by Crippen LogP contribution is -2.12. The highest BCUT2D eigenvalue weighted by Crippen LogP contribution is 2.23. The van der Waals surface area contributed by atoms with E-state index in [0.29, 0.717) is 6.04 Å². The molecule has 2 unspecified atom stereocenters. The van der Waals surface area contributed by atoms with Gasteiger partial charge in [0.25, 0.3) is 0 Å². The first-order chi connectivity index (χ1) is 10.2. The Morgan fingerprint density at radius 1 is 1.29 bits per heavy atom. The normalized spacial score (nSPS) is 17.2. The van der Waals surface area contributed by atoms with E-state index in [4.69, 9.17) is 0 Å². The summed E-state index contributed by atoms with van der Waals surface area (Å²) in [6.45, 7) is 3.30. The molecule has 0 amide bonds. The molecule has 1 aliphatic rings. The fraction of sp³-hybridized carbons (Fsp3) is 0.353. The van der Waals surface area contributed by atoms with Crippen molar-refractivity contribution in [2.75, 3.05) is 6.54 Å². The van der Waals surface area contributed by atoms with E-state index in [1.165, 1.54) is 29.3 Å². The molecule has 1 aromatic carbocycles. The van der Waals surface area contributed by atoms with Crippen molar-refractivity contribution in [3.05, 3.63) is 58.3 Å². The van der Waals surface area contributed by atoms with Crippen molar-refractivity contribution < 1.29 is 0 Å². The van der Waals surface area contributed by atoms with Gasteiger partial charge in [0, 0.05) is 22.9 Å². The van der Waals surface area contributed by atoms with Crippen LogP contribution in [0.2, 0.25) is 0 Å². The van der Waals surface area contributed by atoms with Gasteiger partial charge < -0.3 is 5.32 Å². The van der Waals surface area contributed by atoms with Crippen LogP contribution in [0, 0.1) is 0 Å². The highest BCUT2D eigenvalue weighted by Gasteiger charge is 2.15. The van der Waals surface area contributed by atoms with Crippen LogP contribution >= 0.6 is 25.2 Å². The van der Waals surface area contributed by atoms with Crippen molar-refractivity contribution in [2.24, 2.45) is 0 Å². The van der Waals surface area contributed by atoms with E-state index in [1.54, 1.807) is 0 Å². The monoisotopic (exact) mass is 364 g/mol. The van der Waals surface area contributed by atoms with Gasteiger partial charge >= 0.3 is 0 Å². The smallest absolute Gasteiger partial charge is 0.0410 e. The average Bonchev–Trinajstić information content (AvgIpc) is 3.03. The Morgan fingerprint density at radius 2 is 2.05 bits per heavy atom. The largest absolute Gasteiger partial charge is 0.310 e. The Hall–Kier alpha value is -0.760. The van der Waals surface area contributed by atoms with Crippen LogP contribution in [0.5, 0.6) is 0 Å². The Morgan fingerprint density at radius 3 is 2.62 bits per heavy atom. The number of benzene rings is 1. The summed E-state index contributed by atoms with van der Waals surface area (Å²) in [7, 11) is 2.67. The molecule has 0 radical (unpaired) electrons. The molecule has 1 saturated heterocycles. The third kappa shape index (κ3) is 5.50. The molecule has 1 aromatic heterocycles. The van der Waals surface area contributed by atoms with Gasteiger partial charge in [-0.2, -0.15) is 0 Å². The first kappa shape index (κ1) is 16.6. The van der Waals surface area contributed by atoms with E-state index in [2.05, 4.69) is 72.7 Å². The lowest BCUT2D eigenvalue weighted by atomic mass is 10.1. The topological polar surface area (TPSA) is 24.9 Å². The second-order valence-electron chi connectivity index (χ2n) is 5.18. The van der Waals surface area contributed by atoms with Gasteiger partial charge in [-0.1, -0.05) is 31.2 Å². The summed E-state index contributed by atoms with van der Waals surface area (Å²) < 4.78 is 1.06. The fourth-order valence-corrected chi connectivity index (χ4v) is 2.92. The van der Waals surface area contributed by atoms with Crippen LogP contribution in [0.15, 0.2) is 47.2 Å². The van der Waals surface area contributed by atoms with Crippen LogP contribution in [0.4, 0.5) is 0 Å². The molecule has 3 rings (SSSR count). The van der Waals surface area contributed by atoms with Gasteiger partial charge in [0.15, 0.2) is 0 Å². The van der Waals surface area contributed by atoms with Crippen molar-refractivity contribution in [2.45, 2.75) is 32.2 Å². The van der Waals surface area contributed by atoms with Crippen LogP contribution in [-0.2, 0) is 6.42 Å². The molecule has 21 heavy (non-hydrogen) atoms. The highest BCUT2D eigenvalue weighted by molar-refractivity contribution is 9.10. The third-order valence-corrected chi connectivity index (χ3v) is 4.40. The molecular weight excluding hydrogens is 343 g/mol. The van der Waals surface area contributed by atoms with Crippen LogP contribution in [0.3, 0.4) is 0 Å². The molecule has 0 spiro atoms. The fourth-order valence-electron chi connectivity index (χ4n) is 2.34. The molecule has 112 valence electrons. The Bertz CT molecular complexity index is 551. The minimum Gasteiger partial charge on any atom is -0.310 e. The lowest BCUT2D eigenvalue weighted by Gasteiger charge is -2.09. The lowest BCUT2D eigenvalue weighted by molar-refractivity contribution is 0.644. The highest BCUT2D eigenvalue weighted by atomic mass is 79.9. The molecule has 2 heterocycles. The number of halogens is 1. The maximum atomic E-state index is 4.14. The molecule has 0 saturated carbocycles. The van der Waals surface area contributed by atoms with Crippen molar-refractivity contribution in [3.63, 3.8) is 0 Å². The summed E-state index contributed by atoms with van der Waals surface area (Å²) in [4.78, 5) is 4.14. The Kier molecular flexibility index (Phi) is 6.82. The molecular formula is C17H22BrN2P. The van der Waals surface area contributed by atoms with E-state index in [-0.39, 0.29) is 0 Å². The van der Waals surface area contributed by atoms with Gasteiger partial charge in [-0.05, 0) is 64.2 Å². The van der Waals surface area contributed by atoms with Gasteiger partial charge in [-0.25, -0.2) is 0 Å². The summed E-state index contributed by atoms with van der Waals surface area (Å²) in [5.74, 6) is 0. The van der Waals surface area contributed by atoms with Gasteiger partial charge in [0.05, 0.1) is 0 Å². The molecule has 2 atom stereocenters. The average molecular weight is 365 g/mol. The van der Waals surface area contributed by atoms with Crippen LogP contribution in [0.25, 0.3) is 0 Å². The first-order valence-electron chi connectivity index (χ1n) is 7.37. The summed E-state index contributed by atoms with van der Waals surface area (Å²) in [5.41, 5.74) is 2.70. The van der Waals surface area contributed by atoms with Crippen LogP contribution < -0.4 is 10.6 Å². The zero-order valence-corrected chi connectivity index (χ0v) is 15.1. The number of hydrogen-bond donors (Lipinski definition) is 1. The Labute approximate surface area is 138 Å². The second-order valence-corrected chi connectivity index (χ2v) is 6.76. The molecule has 0 aliphatic carbocycles. The minimum absolute atomic E-state index is 0.523. The number of aromatic nitrogens is 1. The quantitative estimate of drug-likeness (QED) is 0.814. The number of nitrogens with zero attached hydrogens (tertiary/aromatic N) is 1. The molecule has 2 aromatic rings. The number of hydrogen-bond acceptors (Lipinski definition) is 2. The van der Waals surface area contributed by atoms with Crippen molar-refractivity contribution in [3.8, 4) is 0 Å². The zero-order chi connectivity index (χ0) is 15.1. The van der Waals surface area contributed by atoms with E-state index < -0.39 is 0 Å². The number of rotatable bonds is 2. The van der Waals surface area contributed by atoms with Crippen molar-refractivity contribution in [1.82, 2.24) is 10.3 Å². The van der Waals surface area contributed by atoms with Crippen LogP contribution in [-0.4, -0.2) is 11.5 Å². The molecule has 4 heteroatoms. The van der Waals surface area contributed by atoms with E-state index in [9.17, 15) is 0 Å². The maximum Gasteiger partial charge on any atom is 0.0410 e. The third-order valence-electron chi connectivity index (χ3n) is 3.58. The number of nitrogens with one attached hydrogen (secondary N) is 1. The Balaban J connectivity index is 0.000000161. The summed E-state index contributed by atoms with van der Waals surface area (Å²) >= 11 is 3.42. The predicted octanol–water partition coefficient (Wildman–Crippen LogP) is 4.02. The van der Waals surface area contributed by atoms with E-state index in [1.807, 2.05) is 12.4 Å². The van der Waals surface area contributed by atoms with Gasteiger partial charge in [-0.15, -0.1) is 9.24 Å². The summed E-state index contributed by atoms with van der Waals surface area (Å²) in [5, 5.41) is 4.70. The van der Waals surface area contributed by atoms with Crippen molar-refractivity contribution in [1.29, 1.82) is 0 Å². The van der Waals surface area contributed by atoms with Gasteiger partial charge in [0.2, 0.25) is 0 Å². The summed E-state index contributed by atoms with van der Waals surface area (Å²) in [6, 6.07) is 11.2. The molecule has 1 aliphatic heterocycles. The standard InChI is InChI=1S/C9H11BrN2.C8H11P/c10-8-4-7(5-11-6-8)9-2-1-3-12-9;1-2-7-3-5-8(9)6-4-7/h4-6,9,12H,1-3H2;3-6H,2,9H2,1H3. The summed E-state index contributed by atoms with van der Waals surface area (Å²) in [6.07, 6.45) is 7.40.